The molecule has 0 saturated carbocycles. The smallest absolute Gasteiger partial charge is 0.179 e. The maximum atomic E-state index is 12.8. The second-order valence-electron chi connectivity index (χ2n) is 6.10. The van der Waals surface area contributed by atoms with Crippen LogP contribution >= 0.6 is 0 Å². The van der Waals surface area contributed by atoms with E-state index in [-0.39, 0.29) is 24.1 Å². The molecule has 2 aromatic rings. The van der Waals surface area contributed by atoms with Crippen LogP contribution in [0.5, 0.6) is 0 Å². The molecule has 2 rings (SSSR count). The Morgan fingerprint density at radius 2 is 1.96 bits per heavy atom. The van der Waals surface area contributed by atoms with Gasteiger partial charge in [0.2, 0.25) is 0 Å². The molecule has 1 aromatic heterocycles. The zero-order chi connectivity index (χ0) is 17.2. The lowest BCUT2D eigenvalue weighted by Gasteiger charge is -2.26. The van der Waals surface area contributed by atoms with E-state index in [2.05, 4.69) is 4.98 Å². The van der Waals surface area contributed by atoms with Gasteiger partial charge in [0.05, 0.1) is 12.3 Å². The molecule has 0 radical (unpaired) electrons. The van der Waals surface area contributed by atoms with Gasteiger partial charge in [-0.2, -0.15) is 0 Å². The van der Waals surface area contributed by atoms with E-state index in [1.165, 1.54) is 6.26 Å². The number of hydrogen-bond donors (Lipinski definition) is 1. The number of carbonyl (C=O) groups excluding carboxylic acids is 1. The predicted octanol–water partition coefficient (Wildman–Crippen LogP) is 2.41. The zero-order valence-corrected chi connectivity index (χ0v) is 14.9. The fourth-order valence-corrected chi connectivity index (χ4v) is 4.11. The first-order chi connectivity index (χ1) is 10.7. The molecular formula is C17H24N2O3S. The summed E-state index contributed by atoms with van der Waals surface area (Å²) in [7, 11) is -3.07. The third-order valence-electron chi connectivity index (χ3n) is 4.09. The Bertz CT molecular complexity index is 808. The minimum atomic E-state index is -3.07. The monoisotopic (exact) mass is 336 g/mol. The summed E-state index contributed by atoms with van der Waals surface area (Å²) < 4.78 is 23.0. The van der Waals surface area contributed by atoms with E-state index in [0.717, 1.165) is 16.6 Å². The van der Waals surface area contributed by atoms with Gasteiger partial charge in [-0.1, -0.05) is 25.1 Å². The van der Waals surface area contributed by atoms with E-state index < -0.39 is 9.84 Å². The molecule has 0 bridgehead atoms. The van der Waals surface area contributed by atoms with E-state index >= 15 is 0 Å². The van der Waals surface area contributed by atoms with Crippen molar-refractivity contribution in [3.63, 3.8) is 0 Å². The number of nitrogens with zero attached hydrogens (tertiary/aromatic N) is 1. The van der Waals surface area contributed by atoms with Crippen LogP contribution in [0.3, 0.4) is 0 Å². The van der Waals surface area contributed by atoms with Crippen molar-refractivity contribution in [2.24, 2.45) is 0 Å². The number of hydrogen-bond acceptors (Lipinski definition) is 4. The number of aromatic amines is 1. The number of para-hydroxylation sites is 1. The molecule has 23 heavy (non-hydrogen) atoms. The van der Waals surface area contributed by atoms with Gasteiger partial charge in [0, 0.05) is 34.5 Å². The number of fused-ring (bicyclic) bond motifs is 1. The normalized spacial score (nSPS) is 13.6. The van der Waals surface area contributed by atoms with Gasteiger partial charge in [-0.3, -0.25) is 9.69 Å². The second kappa shape index (κ2) is 6.84. The molecule has 0 aliphatic rings. The van der Waals surface area contributed by atoms with Crippen molar-refractivity contribution in [2.45, 2.75) is 26.8 Å². The molecule has 1 N–H and O–H groups in total. The zero-order valence-electron chi connectivity index (χ0n) is 14.1. The summed E-state index contributed by atoms with van der Waals surface area (Å²) in [6.07, 6.45) is 1.23. The van der Waals surface area contributed by atoms with Crippen molar-refractivity contribution in [1.82, 2.24) is 9.88 Å². The first-order valence-corrected chi connectivity index (χ1v) is 9.81. The summed E-state index contributed by atoms with van der Waals surface area (Å²) in [5.41, 5.74) is 2.49. The van der Waals surface area contributed by atoms with Crippen molar-refractivity contribution in [1.29, 1.82) is 0 Å². The average Bonchev–Trinajstić information content (AvgIpc) is 2.78. The van der Waals surface area contributed by atoms with Gasteiger partial charge >= 0.3 is 0 Å². The van der Waals surface area contributed by atoms with Crippen molar-refractivity contribution in [3.05, 3.63) is 35.5 Å². The highest BCUT2D eigenvalue weighted by Gasteiger charge is 2.22. The molecule has 5 nitrogen and oxygen atoms in total. The Morgan fingerprint density at radius 3 is 2.57 bits per heavy atom. The van der Waals surface area contributed by atoms with E-state index in [1.54, 1.807) is 0 Å². The lowest BCUT2D eigenvalue weighted by molar-refractivity contribution is 0.0913. The van der Waals surface area contributed by atoms with Crippen molar-refractivity contribution in [3.8, 4) is 0 Å². The Labute approximate surface area is 137 Å². The quantitative estimate of drug-likeness (QED) is 0.788. The summed E-state index contributed by atoms with van der Waals surface area (Å²) >= 11 is 0. The molecule has 0 aliphatic heterocycles. The molecule has 0 amide bonds. The first-order valence-electron chi connectivity index (χ1n) is 7.75. The van der Waals surface area contributed by atoms with E-state index in [0.29, 0.717) is 12.1 Å². The van der Waals surface area contributed by atoms with Gasteiger partial charge < -0.3 is 4.98 Å². The van der Waals surface area contributed by atoms with Crippen molar-refractivity contribution >= 4 is 26.5 Å². The minimum absolute atomic E-state index is 0.0159. The summed E-state index contributed by atoms with van der Waals surface area (Å²) in [5, 5.41) is 0.918. The lowest BCUT2D eigenvalue weighted by Crippen LogP contribution is -2.41. The average molecular weight is 336 g/mol. The fourth-order valence-electron chi connectivity index (χ4n) is 3.02. The van der Waals surface area contributed by atoms with Gasteiger partial charge in [-0.05, 0) is 26.5 Å². The van der Waals surface area contributed by atoms with Crippen LogP contribution in [-0.2, 0) is 9.84 Å². The summed E-state index contributed by atoms with van der Waals surface area (Å²) in [5.74, 6) is 0.0724. The van der Waals surface area contributed by atoms with Gasteiger partial charge in [-0.25, -0.2) is 8.42 Å². The minimum Gasteiger partial charge on any atom is -0.358 e. The standard InChI is InChI=1S/C17H24N2O3S/c1-5-19(12(2)11-23(4,21)22)10-16(20)17-13(3)18-15-9-7-6-8-14(15)17/h6-9,12,18H,5,10-11H2,1-4H3. The van der Waals surface area contributed by atoms with Crippen LogP contribution in [0.15, 0.2) is 24.3 Å². The number of rotatable bonds is 7. The number of benzene rings is 1. The summed E-state index contributed by atoms with van der Waals surface area (Å²) in [6.45, 7) is 6.53. The fraction of sp³-hybridized carbons (Fsp3) is 0.471. The maximum absolute atomic E-state index is 12.8. The second-order valence-corrected chi connectivity index (χ2v) is 8.28. The molecule has 126 valence electrons. The molecule has 1 aromatic carbocycles. The molecule has 1 unspecified atom stereocenters. The highest BCUT2D eigenvalue weighted by Crippen LogP contribution is 2.22. The molecule has 0 saturated heterocycles. The highest BCUT2D eigenvalue weighted by molar-refractivity contribution is 7.90. The van der Waals surface area contributed by atoms with Crippen LogP contribution in [0.1, 0.15) is 29.9 Å². The van der Waals surface area contributed by atoms with Gasteiger partial charge in [0.15, 0.2) is 5.78 Å². The van der Waals surface area contributed by atoms with Crippen molar-refractivity contribution < 1.29 is 13.2 Å². The van der Waals surface area contributed by atoms with Gasteiger partial charge in [0.1, 0.15) is 9.84 Å². The molecule has 0 spiro atoms. The topological polar surface area (TPSA) is 70.2 Å². The number of likely N-dealkylation sites (N-methyl/N-ethyl adjacent to an activating group) is 1. The number of nitrogens with one attached hydrogen (secondary N) is 1. The van der Waals surface area contributed by atoms with Crippen LogP contribution in [0.4, 0.5) is 0 Å². The van der Waals surface area contributed by atoms with Crippen LogP contribution in [0.2, 0.25) is 0 Å². The van der Waals surface area contributed by atoms with E-state index in [4.69, 9.17) is 0 Å². The molecule has 6 heteroatoms. The number of Topliss-reactive ketones (excluding diaryl/α,β-unsaturated/α-hetero) is 1. The highest BCUT2D eigenvalue weighted by atomic mass is 32.2. The van der Waals surface area contributed by atoms with Gasteiger partial charge in [0.25, 0.3) is 0 Å². The molecule has 0 fully saturated rings. The Morgan fingerprint density at radius 1 is 1.30 bits per heavy atom. The summed E-state index contributed by atoms with van der Waals surface area (Å²) in [4.78, 5) is 17.9. The van der Waals surface area contributed by atoms with Crippen LogP contribution in [0.25, 0.3) is 10.9 Å². The molecule has 1 heterocycles. The molecular weight excluding hydrogens is 312 g/mol. The van der Waals surface area contributed by atoms with Crippen molar-refractivity contribution in [2.75, 3.05) is 25.1 Å². The molecule has 0 aliphatic carbocycles. The largest absolute Gasteiger partial charge is 0.358 e. The van der Waals surface area contributed by atoms with E-state index in [9.17, 15) is 13.2 Å². The Balaban J connectivity index is 2.23. The van der Waals surface area contributed by atoms with Crippen LogP contribution in [0, 0.1) is 6.92 Å². The third kappa shape index (κ3) is 4.20. The van der Waals surface area contributed by atoms with E-state index in [1.807, 2.05) is 49.9 Å². The van der Waals surface area contributed by atoms with Crippen LogP contribution in [-0.4, -0.2) is 55.2 Å². The Hall–Kier alpha value is -1.66. The number of aromatic nitrogens is 1. The Kier molecular flexibility index (Phi) is 5.26. The first kappa shape index (κ1) is 17.7. The predicted molar refractivity (Wildman–Crippen MR) is 93.8 cm³/mol. The lowest BCUT2D eigenvalue weighted by atomic mass is 10.1. The summed E-state index contributed by atoms with van der Waals surface area (Å²) in [6, 6.07) is 7.53. The number of aryl methyl sites for hydroxylation is 1. The SMILES string of the molecule is CCN(CC(=O)c1c(C)[nH]c2ccccc12)C(C)CS(C)(=O)=O. The number of H-pyrrole nitrogens is 1. The van der Waals surface area contributed by atoms with Gasteiger partial charge in [-0.15, -0.1) is 0 Å². The maximum Gasteiger partial charge on any atom is 0.179 e. The number of ketones is 1. The van der Waals surface area contributed by atoms with Crippen LogP contribution < -0.4 is 0 Å². The number of sulfone groups is 1. The number of carbonyl (C=O) groups is 1. The molecule has 1 atom stereocenters. The third-order valence-corrected chi connectivity index (χ3v) is 5.18.